The number of carbonyl (C=O) groups is 1. The van der Waals surface area contributed by atoms with Crippen molar-refractivity contribution in [2.24, 2.45) is 5.84 Å². The predicted octanol–water partition coefficient (Wildman–Crippen LogP) is -0.153. The number of hydrazine groups is 1. The summed E-state index contributed by atoms with van der Waals surface area (Å²) in [7, 11) is 0. The first-order valence-electron chi connectivity index (χ1n) is 6.12. The summed E-state index contributed by atoms with van der Waals surface area (Å²) in [5, 5.41) is 5.59. The molecule has 19 heavy (non-hydrogen) atoms. The van der Waals surface area contributed by atoms with Gasteiger partial charge in [0.05, 0.1) is 6.54 Å². The van der Waals surface area contributed by atoms with E-state index in [-0.39, 0.29) is 12.5 Å². The normalized spacial score (nSPS) is 10.1. The number of carbonyl (C=O) groups excluding carboxylic acids is 1. The second-order valence-electron chi connectivity index (χ2n) is 3.64. The van der Waals surface area contributed by atoms with E-state index in [0.717, 1.165) is 0 Å². The Morgan fingerprint density at radius 2 is 2.11 bits per heavy atom. The van der Waals surface area contributed by atoms with Crippen LogP contribution in [0.25, 0.3) is 0 Å². The smallest absolute Gasteiger partial charge is 0.239 e. The Hall–Kier alpha value is -1.93. The maximum atomic E-state index is 11.3. The average molecular weight is 268 g/mol. The van der Waals surface area contributed by atoms with Crippen LogP contribution in [0.5, 0.6) is 0 Å². The van der Waals surface area contributed by atoms with Gasteiger partial charge in [-0.25, -0.2) is 15.8 Å². The van der Waals surface area contributed by atoms with E-state index in [2.05, 4.69) is 26.0 Å². The number of nitrogens with one attached hydrogen (secondary N) is 3. The molecular weight excluding hydrogens is 248 g/mol. The molecule has 8 nitrogen and oxygen atoms in total. The Kier molecular flexibility index (Phi) is 6.55. The molecule has 0 unspecified atom stereocenters. The lowest BCUT2D eigenvalue weighted by molar-refractivity contribution is -0.119. The lowest BCUT2D eigenvalue weighted by atomic mass is 10.4. The van der Waals surface area contributed by atoms with Crippen LogP contribution >= 0.6 is 0 Å². The van der Waals surface area contributed by atoms with Crippen LogP contribution in [0.3, 0.4) is 0 Å². The van der Waals surface area contributed by atoms with Crippen molar-refractivity contribution in [1.29, 1.82) is 0 Å². The maximum absolute atomic E-state index is 11.3. The molecule has 0 bridgehead atoms. The number of likely N-dealkylation sites (N-methyl/N-ethyl adjacent to an activating group) is 1. The van der Waals surface area contributed by atoms with Crippen molar-refractivity contribution in [3.63, 3.8) is 0 Å². The molecule has 8 heteroatoms. The highest BCUT2D eigenvalue weighted by Gasteiger charge is 2.05. The Labute approximate surface area is 112 Å². The first-order chi connectivity index (χ1) is 9.19. The molecule has 0 aliphatic heterocycles. The van der Waals surface area contributed by atoms with Crippen molar-refractivity contribution < 1.29 is 9.53 Å². The molecule has 0 aliphatic carbocycles. The van der Waals surface area contributed by atoms with Gasteiger partial charge in [-0.1, -0.05) is 0 Å². The number of rotatable bonds is 8. The molecule has 1 aromatic heterocycles. The second kappa shape index (κ2) is 8.22. The Morgan fingerprint density at radius 3 is 2.74 bits per heavy atom. The lowest BCUT2D eigenvalue weighted by Crippen LogP contribution is -2.29. The zero-order valence-electron chi connectivity index (χ0n) is 11.2. The van der Waals surface area contributed by atoms with E-state index in [1.165, 1.54) is 0 Å². The SMILES string of the molecule is CCNC(=O)CNc1cc(NN)nc(COCC)n1. The third kappa shape index (κ3) is 5.49. The molecule has 1 amide bonds. The summed E-state index contributed by atoms with van der Waals surface area (Å²) in [6.07, 6.45) is 0. The standard InChI is InChI=1S/C11H20N6O2/c1-3-13-11(18)6-14-8-5-9(17-12)16-10(15-8)7-19-4-2/h5H,3-4,6-7,12H2,1-2H3,(H,13,18)(H2,14,15,16,17). The number of hydrogen-bond donors (Lipinski definition) is 4. The highest BCUT2D eigenvalue weighted by atomic mass is 16.5. The maximum Gasteiger partial charge on any atom is 0.239 e. The number of aromatic nitrogens is 2. The van der Waals surface area contributed by atoms with Crippen LogP contribution < -0.4 is 21.9 Å². The molecule has 0 aliphatic rings. The van der Waals surface area contributed by atoms with Gasteiger partial charge in [0.15, 0.2) is 5.82 Å². The quantitative estimate of drug-likeness (QED) is 0.383. The predicted molar refractivity (Wildman–Crippen MR) is 72.3 cm³/mol. The van der Waals surface area contributed by atoms with Gasteiger partial charge in [-0.3, -0.25) is 4.79 Å². The van der Waals surface area contributed by atoms with E-state index < -0.39 is 0 Å². The molecule has 5 N–H and O–H groups in total. The Bertz CT molecular complexity index is 412. The summed E-state index contributed by atoms with van der Waals surface area (Å²) in [5.74, 6) is 6.70. The number of nitrogens with zero attached hydrogens (tertiary/aromatic N) is 2. The molecule has 0 aromatic carbocycles. The summed E-state index contributed by atoms with van der Waals surface area (Å²) in [4.78, 5) is 19.7. The van der Waals surface area contributed by atoms with Crippen molar-refractivity contribution in [3.05, 3.63) is 11.9 Å². The van der Waals surface area contributed by atoms with E-state index >= 15 is 0 Å². The zero-order valence-corrected chi connectivity index (χ0v) is 11.2. The number of ether oxygens (including phenoxy) is 1. The second-order valence-corrected chi connectivity index (χ2v) is 3.64. The summed E-state index contributed by atoms with van der Waals surface area (Å²) in [6, 6.07) is 1.62. The van der Waals surface area contributed by atoms with E-state index in [9.17, 15) is 4.79 Å². The van der Waals surface area contributed by atoms with Gasteiger partial charge in [0.1, 0.15) is 18.2 Å². The highest BCUT2D eigenvalue weighted by Crippen LogP contribution is 2.10. The van der Waals surface area contributed by atoms with Gasteiger partial charge in [0, 0.05) is 19.2 Å². The van der Waals surface area contributed by atoms with Crippen molar-refractivity contribution in [2.75, 3.05) is 30.4 Å². The van der Waals surface area contributed by atoms with Crippen molar-refractivity contribution in [3.8, 4) is 0 Å². The van der Waals surface area contributed by atoms with Gasteiger partial charge >= 0.3 is 0 Å². The monoisotopic (exact) mass is 268 g/mol. The number of anilines is 2. The van der Waals surface area contributed by atoms with Gasteiger partial charge < -0.3 is 20.8 Å². The van der Waals surface area contributed by atoms with Gasteiger partial charge in [0.2, 0.25) is 5.91 Å². The van der Waals surface area contributed by atoms with Gasteiger partial charge in [0.25, 0.3) is 0 Å². The number of nitrogen functional groups attached to an aromatic ring is 1. The molecule has 0 radical (unpaired) electrons. The van der Waals surface area contributed by atoms with Crippen molar-refractivity contribution in [2.45, 2.75) is 20.5 Å². The molecule has 0 spiro atoms. The molecular formula is C11H20N6O2. The minimum absolute atomic E-state index is 0.102. The van der Waals surface area contributed by atoms with E-state index in [1.807, 2.05) is 13.8 Å². The van der Waals surface area contributed by atoms with E-state index in [1.54, 1.807) is 6.07 Å². The molecule has 0 saturated heterocycles. The van der Waals surface area contributed by atoms with Gasteiger partial charge in [-0.05, 0) is 13.8 Å². The fraction of sp³-hybridized carbons (Fsp3) is 0.545. The highest BCUT2D eigenvalue weighted by molar-refractivity contribution is 5.80. The Balaban J connectivity index is 2.67. The summed E-state index contributed by atoms with van der Waals surface area (Å²) in [6.45, 7) is 5.35. The molecule has 1 rings (SSSR count). The zero-order chi connectivity index (χ0) is 14.1. The van der Waals surface area contributed by atoms with Crippen LogP contribution in [0, 0.1) is 0 Å². The van der Waals surface area contributed by atoms with Crippen LogP contribution in [0.1, 0.15) is 19.7 Å². The van der Waals surface area contributed by atoms with E-state index in [4.69, 9.17) is 10.6 Å². The third-order valence-electron chi connectivity index (χ3n) is 2.16. The average Bonchev–Trinajstić information content (AvgIpc) is 2.43. The third-order valence-corrected chi connectivity index (χ3v) is 2.16. The fourth-order valence-corrected chi connectivity index (χ4v) is 1.35. The Morgan fingerprint density at radius 1 is 1.37 bits per heavy atom. The lowest BCUT2D eigenvalue weighted by Gasteiger charge is -2.09. The molecule has 1 heterocycles. The first kappa shape index (κ1) is 15.1. The summed E-state index contributed by atoms with van der Waals surface area (Å²) < 4.78 is 5.24. The number of hydrogen-bond acceptors (Lipinski definition) is 7. The van der Waals surface area contributed by atoms with E-state index in [0.29, 0.717) is 37.2 Å². The molecule has 0 atom stereocenters. The minimum atomic E-state index is -0.102. The van der Waals surface area contributed by atoms with Crippen molar-refractivity contribution >= 4 is 17.5 Å². The van der Waals surface area contributed by atoms with Crippen LogP contribution in [0.2, 0.25) is 0 Å². The molecule has 0 fully saturated rings. The number of nitrogens with two attached hydrogens (primary N) is 1. The molecule has 106 valence electrons. The first-order valence-corrected chi connectivity index (χ1v) is 6.12. The summed E-state index contributed by atoms with van der Waals surface area (Å²) in [5.41, 5.74) is 2.45. The minimum Gasteiger partial charge on any atom is -0.374 e. The van der Waals surface area contributed by atoms with Crippen molar-refractivity contribution in [1.82, 2.24) is 15.3 Å². The van der Waals surface area contributed by atoms with Crippen LogP contribution in [0.4, 0.5) is 11.6 Å². The fourth-order valence-electron chi connectivity index (χ4n) is 1.35. The summed E-state index contributed by atoms with van der Waals surface area (Å²) >= 11 is 0. The molecule has 0 saturated carbocycles. The number of amides is 1. The van der Waals surface area contributed by atoms with Gasteiger partial charge in [-0.2, -0.15) is 0 Å². The largest absolute Gasteiger partial charge is 0.374 e. The van der Waals surface area contributed by atoms with Crippen LogP contribution in [-0.2, 0) is 16.1 Å². The van der Waals surface area contributed by atoms with Crippen LogP contribution in [-0.4, -0.2) is 35.6 Å². The molecule has 1 aromatic rings. The topological polar surface area (TPSA) is 114 Å². The van der Waals surface area contributed by atoms with Gasteiger partial charge in [-0.15, -0.1) is 0 Å². The van der Waals surface area contributed by atoms with Crippen LogP contribution in [0.15, 0.2) is 6.07 Å².